The van der Waals surface area contributed by atoms with E-state index >= 15 is 0 Å². The van der Waals surface area contributed by atoms with E-state index in [0.29, 0.717) is 23.5 Å². The van der Waals surface area contributed by atoms with E-state index in [1.807, 2.05) is 18.7 Å². The van der Waals surface area contributed by atoms with Gasteiger partial charge in [0.2, 0.25) is 11.9 Å². The van der Waals surface area contributed by atoms with E-state index in [9.17, 15) is 9.59 Å². The molecule has 1 unspecified atom stereocenters. The topological polar surface area (TPSA) is 95.9 Å². The van der Waals surface area contributed by atoms with E-state index in [4.69, 9.17) is 0 Å². The Hall–Kier alpha value is -3.16. The molecule has 3 heterocycles. The van der Waals surface area contributed by atoms with Crippen molar-refractivity contribution >= 4 is 22.9 Å². The van der Waals surface area contributed by atoms with Gasteiger partial charge < -0.3 is 10.2 Å². The number of hydrogen-bond donors (Lipinski definition) is 2. The number of H-pyrrole nitrogens is 1. The van der Waals surface area contributed by atoms with Crippen molar-refractivity contribution in [1.29, 1.82) is 0 Å². The number of amides is 1. The second-order valence-electron chi connectivity index (χ2n) is 7.58. The van der Waals surface area contributed by atoms with Crippen LogP contribution in [-0.4, -0.2) is 44.8 Å². The van der Waals surface area contributed by atoms with Crippen LogP contribution in [-0.2, 0) is 4.79 Å². The molecule has 1 aliphatic heterocycles. The van der Waals surface area contributed by atoms with Gasteiger partial charge in [0.25, 0.3) is 5.56 Å². The lowest BCUT2D eigenvalue weighted by Gasteiger charge is -2.16. The fourth-order valence-corrected chi connectivity index (χ4v) is 4.06. The van der Waals surface area contributed by atoms with Gasteiger partial charge in [0, 0.05) is 32.3 Å². The minimum atomic E-state index is -0.211. The monoisotopic (exact) mass is 380 g/mol. The highest BCUT2D eigenvalue weighted by molar-refractivity contribution is 5.75. The van der Waals surface area contributed by atoms with E-state index in [2.05, 4.69) is 39.4 Å². The number of aryl methyl sites for hydroxylation is 3. The summed E-state index contributed by atoms with van der Waals surface area (Å²) in [6.07, 6.45) is 2.55. The summed E-state index contributed by atoms with van der Waals surface area (Å²) in [6.45, 7) is 8.98. The third-order valence-electron chi connectivity index (χ3n) is 5.14. The van der Waals surface area contributed by atoms with Crippen molar-refractivity contribution in [3.05, 3.63) is 45.4 Å². The average molecular weight is 380 g/mol. The smallest absolute Gasteiger partial charge is 0.263 e. The fourth-order valence-electron chi connectivity index (χ4n) is 4.06. The molecular formula is C20H24N6O2. The lowest BCUT2D eigenvalue weighted by Crippen LogP contribution is -2.36. The molecule has 0 bridgehead atoms. The number of benzene rings is 1. The van der Waals surface area contributed by atoms with E-state index in [1.54, 1.807) is 10.9 Å². The van der Waals surface area contributed by atoms with Crippen molar-refractivity contribution in [2.45, 2.75) is 40.2 Å². The number of fused-ring (bicyclic) bond motifs is 1. The minimum absolute atomic E-state index is 0.0497. The molecule has 0 saturated carbocycles. The number of anilines is 1. The maximum atomic E-state index is 12.6. The molecular weight excluding hydrogens is 356 g/mol. The number of nitrogens with one attached hydrogen (secondary N) is 2. The van der Waals surface area contributed by atoms with Gasteiger partial charge >= 0.3 is 0 Å². The first kappa shape index (κ1) is 18.2. The molecule has 0 spiro atoms. The molecule has 8 heteroatoms. The molecule has 2 aromatic heterocycles. The van der Waals surface area contributed by atoms with E-state index in [1.165, 1.54) is 12.5 Å². The Bertz CT molecular complexity index is 1110. The first-order chi connectivity index (χ1) is 13.3. The molecule has 1 saturated heterocycles. The van der Waals surface area contributed by atoms with Gasteiger partial charge in [-0.1, -0.05) is 17.7 Å². The van der Waals surface area contributed by atoms with Crippen LogP contribution in [0.15, 0.2) is 23.1 Å². The molecule has 4 rings (SSSR count). The molecule has 1 atom stereocenters. The minimum Gasteiger partial charge on any atom is -0.352 e. The summed E-state index contributed by atoms with van der Waals surface area (Å²) >= 11 is 0. The molecule has 1 aromatic carbocycles. The number of carbonyl (C=O) groups is 1. The van der Waals surface area contributed by atoms with Crippen LogP contribution in [0, 0.1) is 20.8 Å². The Morgan fingerprint density at radius 1 is 1.25 bits per heavy atom. The van der Waals surface area contributed by atoms with Crippen molar-refractivity contribution in [3.63, 3.8) is 0 Å². The summed E-state index contributed by atoms with van der Waals surface area (Å²) in [5, 5.41) is 7.96. The molecule has 1 fully saturated rings. The van der Waals surface area contributed by atoms with Gasteiger partial charge in [-0.25, -0.2) is 4.68 Å². The summed E-state index contributed by atoms with van der Waals surface area (Å²) in [5.41, 5.74) is 4.56. The molecule has 1 aliphatic rings. The van der Waals surface area contributed by atoms with Gasteiger partial charge in [0.15, 0.2) is 5.65 Å². The van der Waals surface area contributed by atoms with Crippen molar-refractivity contribution in [2.24, 2.45) is 0 Å². The first-order valence-corrected chi connectivity index (χ1v) is 9.42. The average Bonchev–Trinajstić information content (AvgIpc) is 3.20. The summed E-state index contributed by atoms with van der Waals surface area (Å²) in [6, 6.07) is 4.27. The van der Waals surface area contributed by atoms with Crippen LogP contribution in [0.4, 0.5) is 5.95 Å². The quantitative estimate of drug-likeness (QED) is 0.722. The molecule has 8 nitrogen and oxygen atoms in total. The molecule has 0 radical (unpaired) electrons. The highest BCUT2D eigenvalue weighted by Crippen LogP contribution is 2.22. The lowest BCUT2D eigenvalue weighted by atomic mass is 10.1. The Kier molecular flexibility index (Phi) is 4.41. The van der Waals surface area contributed by atoms with Gasteiger partial charge in [-0.3, -0.25) is 14.6 Å². The van der Waals surface area contributed by atoms with Crippen molar-refractivity contribution in [3.8, 4) is 5.69 Å². The number of nitrogens with zero attached hydrogens (tertiary/aromatic N) is 4. The van der Waals surface area contributed by atoms with Gasteiger partial charge in [0.05, 0.1) is 5.69 Å². The van der Waals surface area contributed by atoms with Crippen LogP contribution < -0.4 is 15.8 Å². The van der Waals surface area contributed by atoms with E-state index in [0.717, 1.165) is 29.8 Å². The Morgan fingerprint density at radius 2 is 1.96 bits per heavy atom. The Morgan fingerprint density at radius 3 is 2.64 bits per heavy atom. The zero-order valence-electron chi connectivity index (χ0n) is 16.5. The predicted molar refractivity (Wildman–Crippen MR) is 108 cm³/mol. The van der Waals surface area contributed by atoms with Crippen LogP contribution in [0.5, 0.6) is 0 Å². The Balaban J connectivity index is 1.71. The summed E-state index contributed by atoms with van der Waals surface area (Å²) < 4.78 is 1.74. The summed E-state index contributed by atoms with van der Waals surface area (Å²) in [7, 11) is 0. The predicted octanol–water partition coefficient (Wildman–Crippen LogP) is 1.75. The van der Waals surface area contributed by atoms with Gasteiger partial charge in [0.1, 0.15) is 5.39 Å². The molecule has 1 amide bonds. The van der Waals surface area contributed by atoms with Crippen LogP contribution in [0.3, 0.4) is 0 Å². The molecule has 28 heavy (non-hydrogen) atoms. The third kappa shape index (κ3) is 3.26. The summed E-state index contributed by atoms with van der Waals surface area (Å²) in [4.78, 5) is 33.3. The number of aromatic amines is 1. The highest BCUT2D eigenvalue weighted by Gasteiger charge is 2.25. The van der Waals surface area contributed by atoms with Gasteiger partial charge in [-0.2, -0.15) is 4.98 Å². The molecule has 3 aromatic rings. The third-order valence-corrected chi connectivity index (χ3v) is 5.14. The molecule has 2 N–H and O–H groups in total. The Labute approximate surface area is 162 Å². The SMILES string of the molecule is CC(=O)NC1CCN(c2nc3nn(-c4c(C)cc(C)cc4C)cc3c(=O)[nH]2)C1. The van der Waals surface area contributed by atoms with Crippen molar-refractivity contribution in [1.82, 2.24) is 25.1 Å². The standard InChI is InChI=1S/C20H24N6O2/c1-11-7-12(2)17(13(3)8-11)26-10-16-18(24-26)22-20(23-19(16)28)25-6-5-15(9-25)21-14(4)27/h7-8,10,15H,5-6,9H2,1-4H3,(H,21,27)(H,22,23,24,28). The van der Waals surface area contributed by atoms with Crippen LogP contribution in [0.1, 0.15) is 30.0 Å². The number of hydrogen-bond acceptors (Lipinski definition) is 5. The largest absolute Gasteiger partial charge is 0.352 e. The highest BCUT2D eigenvalue weighted by atomic mass is 16.1. The first-order valence-electron chi connectivity index (χ1n) is 9.42. The van der Waals surface area contributed by atoms with Gasteiger partial charge in [-0.15, -0.1) is 5.10 Å². The van der Waals surface area contributed by atoms with Crippen molar-refractivity contribution in [2.75, 3.05) is 18.0 Å². The van der Waals surface area contributed by atoms with Gasteiger partial charge in [-0.05, 0) is 38.3 Å². The maximum absolute atomic E-state index is 12.6. The van der Waals surface area contributed by atoms with E-state index in [-0.39, 0.29) is 17.5 Å². The van der Waals surface area contributed by atoms with Crippen LogP contribution in [0.25, 0.3) is 16.7 Å². The number of rotatable bonds is 3. The molecule has 146 valence electrons. The van der Waals surface area contributed by atoms with Crippen molar-refractivity contribution < 1.29 is 4.79 Å². The fraction of sp³-hybridized carbons (Fsp3) is 0.400. The van der Waals surface area contributed by atoms with E-state index < -0.39 is 0 Å². The number of carbonyl (C=O) groups excluding carboxylic acids is 1. The lowest BCUT2D eigenvalue weighted by molar-refractivity contribution is -0.119. The normalized spacial score (nSPS) is 16.7. The van der Waals surface area contributed by atoms with Crippen LogP contribution in [0.2, 0.25) is 0 Å². The second-order valence-corrected chi connectivity index (χ2v) is 7.58. The second kappa shape index (κ2) is 6.78. The zero-order chi connectivity index (χ0) is 20.0. The zero-order valence-corrected chi connectivity index (χ0v) is 16.5. The maximum Gasteiger partial charge on any atom is 0.263 e. The van der Waals surface area contributed by atoms with Crippen LogP contribution >= 0.6 is 0 Å². The molecule has 0 aliphatic carbocycles. The number of aromatic nitrogens is 4. The summed E-state index contributed by atoms with van der Waals surface area (Å²) in [5.74, 6) is 0.444.